The first-order chi connectivity index (χ1) is 26.0. The van der Waals surface area contributed by atoms with Gasteiger partial charge in [-0.25, -0.2) is 19.2 Å². The number of nitrogens with one attached hydrogen (secondary N) is 1. The van der Waals surface area contributed by atoms with Gasteiger partial charge in [-0.2, -0.15) is 0 Å². The molecule has 0 spiro atoms. The van der Waals surface area contributed by atoms with Crippen LogP contribution in [0.4, 0.5) is 9.59 Å². The number of likely N-dealkylation sites (N-methyl/N-ethyl adjacent to an activating group) is 2. The molecule has 18 heteroatoms. The van der Waals surface area contributed by atoms with Gasteiger partial charge in [0.15, 0.2) is 6.04 Å². The van der Waals surface area contributed by atoms with E-state index in [0.29, 0.717) is 0 Å². The molecule has 14 nitrogen and oxygen atoms in total. The minimum atomic E-state index is -1.98. The molecule has 0 radical (unpaired) electrons. The molecule has 0 fully saturated rings. The molecule has 56 heavy (non-hydrogen) atoms. The Labute approximate surface area is 346 Å². The fourth-order valence-electron chi connectivity index (χ4n) is 5.79. The van der Waals surface area contributed by atoms with Crippen LogP contribution in [-0.4, -0.2) is 124 Å². The highest BCUT2D eigenvalue weighted by Crippen LogP contribution is 2.44. The number of ether oxygens (including phenoxy) is 4. The molecular weight excluding hydrogens is 811 g/mol. The van der Waals surface area contributed by atoms with E-state index in [2.05, 4.69) is 5.32 Å². The molecule has 0 saturated heterocycles. The van der Waals surface area contributed by atoms with Crippen LogP contribution in [0.5, 0.6) is 0 Å². The Morgan fingerprint density at radius 3 is 1.88 bits per heavy atom. The predicted octanol–water partition coefficient (Wildman–Crippen LogP) is 6.20. The van der Waals surface area contributed by atoms with Gasteiger partial charge in [0.25, 0.3) is 0 Å². The minimum Gasteiger partial charge on any atom is -0.461 e. The van der Waals surface area contributed by atoms with Gasteiger partial charge >= 0.3 is 24.1 Å². The predicted molar refractivity (Wildman–Crippen MR) is 214 cm³/mol. The van der Waals surface area contributed by atoms with Gasteiger partial charge in [0.2, 0.25) is 15.6 Å². The highest BCUT2D eigenvalue weighted by molar-refractivity contribution is 7.97. The van der Waals surface area contributed by atoms with E-state index in [1.807, 2.05) is 48.5 Å². The summed E-state index contributed by atoms with van der Waals surface area (Å²) in [7, 11) is 4.26. The second kappa shape index (κ2) is 20.0. The van der Waals surface area contributed by atoms with E-state index in [4.69, 9.17) is 53.8 Å². The molecule has 0 heterocycles. The molecule has 0 unspecified atom stereocenters. The Morgan fingerprint density at radius 1 is 0.821 bits per heavy atom. The largest absolute Gasteiger partial charge is 0.461 e. The third kappa shape index (κ3) is 13.1. The number of nitrogens with zero attached hydrogens (tertiary/aromatic N) is 3. The van der Waals surface area contributed by atoms with Crippen LogP contribution in [0.25, 0.3) is 11.1 Å². The van der Waals surface area contributed by atoms with Crippen molar-refractivity contribution in [1.29, 1.82) is 0 Å². The van der Waals surface area contributed by atoms with Crippen molar-refractivity contribution >= 4 is 82.7 Å². The number of carbonyl (C=O) groups is 6. The minimum absolute atomic E-state index is 0.0595. The summed E-state index contributed by atoms with van der Waals surface area (Å²) in [6, 6.07) is 11.5. The number of esters is 2. The van der Waals surface area contributed by atoms with Gasteiger partial charge in [-0.15, -0.1) is 0 Å². The number of benzene rings is 2. The number of alkyl halides is 3. The zero-order valence-electron chi connectivity index (χ0n) is 32.8. The molecule has 3 atom stereocenters. The van der Waals surface area contributed by atoms with Crippen LogP contribution in [0.1, 0.15) is 58.6 Å². The zero-order chi connectivity index (χ0) is 42.1. The van der Waals surface area contributed by atoms with Gasteiger partial charge in [-0.05, 0) is 60.9 Å². The fraction of sp³-hybridized carbons (Fsp3) is 0.526. The van der Waals surface area contributed by atoms with Crippen LogP contribution in [0, 0.1) is 5.92 Å². The molecule has 1 aliphatic carbocycles. The summed E-state index contributed by atoms with van der Waals surface area (Å²) in [5.41, 5.74) is 3.10. The smallest absolute Gasteiger partial charge is 0.410 e. The van der Waals surface area contributed by atoms with Gasteiger partial charge < -0.3 is 29.2 Å². The first-order valence-corrected chi connectivity index (χ1v) is 19.7. The van der Waals surface area contributed by atoms with Crippen molar-refractivity contribution < 1.29 is 47.7 Å². The Bertz CT molecular complexity index is 1710. The van der Waals surface area contributed by atoms with Gasteiger partial charge in [-0.1, -0.05) is 97.2 Å². The lowest BCUT2D eigenvalue weighted by Crippen LogP contribution is -2.56. The first kappa shape index (κ1) is 46.5. The van der Waals surface area contributed by atoms with Crippen LogP contribution < -0.4 is 5.32 Å². The van der Waals surface area contributed by atoms with Crippen LogP contribution in [-0.2, 0) is 38.1 Å². The van der Waals surface area contributed by atoms with E-state index < -0.39 is 76.7 Å². The molecule has 0 saturated carbocycles. The summed E-state index contributed by atoms with van der Waals surface area (Å²) in [5.74, 6) is -3.84. The summed E-state index contributed by atoms with van der Waals surface area (Å²) >= 11 is 18.3. The molecule has 0 aliphatic heterocycles. The molecule has 1 aliphatic rings. The Morgan fingerprint density at radius 2 is 1.38 bits per heavy atom. The maximum atomic E-state index is 14.1. The molecule has 308 valence electrons. The van der Waals surface area contributed by atoms with Crippen molar-refractivity contribution in [2.45, 2.75) is 75.0 Å². The lowest BCUT2D eigenvalue weighted by molar-refractivity contribution is -0.160. The van der Waals surface area contributed by atoms with Crippen molar-refractivity contribution in [1.82, 2.24) is 19.4 Å². The SMILES string of the molecule is CC(=O)N(C)SC[C@@H](C(=O)N(C)[C@H](C(=O)OC[C@@H](NC(=O)OCC1c2ccccc2-c2ccccc21)C(=O)OCC(Cl)(Cl)Cl)C(C)C)N(C)C(=O)OC(C)(C)C. The van der Waals surface area contributed by atoms with Gasteiger partial charge in [0.05, 0.1) is 0 Å². The maximum Gasteiger partial charge on any atom is 0.410 e. The number of amides is 4. The van der Waals surface area contributed by atoms with Crippen molar-refractivity contribution in [2.24, 2.45) is 5.92 Å². The van der Waals surface area contributed by atoms with Crippen molar-refractivity contribution in [3.63, 3.8) is 0 Å². The molecular formula is C38H49Cl3N4O10S. The molecule has 2 aromatic carbocycles. The molecule has 2 aromatic rings. The summed E-state index contributed by atoms with van der Waals surface area (Å²) in [4.78, 5) is 81.3. The maximum absolute atomic E-state index is 14.1. The average Bonchev–Trinajstić information content (AvgIpc) is 3.43. The Hall–Kier alpha value is -3.92. The Kier molecular flexibility index (Phi) is 16.6. The summed E-state index contributed by atoms with van der Waals surface area (Å²) in [6.45, 7) is 8.22. The number of carbonyl (C=O) groups excluding carboxylic acids is 6. The molecule has 0 bridgehead atoms. The van der Waals surface area contributed by atoms with Gasteiger partial charge in [0, 0.05) is 39.7 Å². The lowest BCUT2D eigenvalue weighted by atomic mass is 9.98. The van der Waals surface area contributed by atoms with Crippen LogP contribution in [0.3, 0.4) is 0 Å². The third-order valence-electron chi connectivity index (χ3n) is 8.63. The first-order valence-electron chi connectivity index (χ1n) is 17.6. The number of hydrogen-bond acceptors (Lipinski definition) is 11. The molecule has 0 aromatic heterocycles. The highest BCUT2D eigenvalue weighted by atomic mass is 35.6. The number of hydrogen-bond donors (Lipinski definition) is 1. The van der Waals surface area contributed by atoms with Crippen molar-refractivity contribution in [2.75, 3.05) is 46.7 Å². The number of alkyl carbamates (subject to hydrolysis) is 1. The summed E-state index contributed by atoms with van der Waals surface area (Å²) < 4.78 is 21.0. The number of fused-ring (bicyclic) bond motifs is 3. The lowest BCUT2D eigenvalue weighted by Gasteiger charge is -2.36. The topological polar surface area (TPSA) is 161 Å². The third-order valence-corrected chi connectivity index (χ3v) is 10.1. The average molecular weight is 860 g/mol. The molecule has 1 N–H and O–H groups in total. The molecule has 3 rings (SSSR count). The second-order valence-electron chi connectivity index (χ2n) is 14.4. The second-order valence-corrected chi connectivity index (χ2v) is 18.1. The van der Waals surface area contributed by atoms with E-state index in [-0.39, 0.29) is 24.2 Å². The highest BCUT2D eigenvalue weighted by Gasteiger charge is 2.40. The van der Waals surface area contributed by atoms with E-state index >= 15 is 0 Å². The summed E-state index contributed by atoms with van der Waals surface area (Å²) in [6.07, 6.45) is -1.80. The van der Waals surface area contributed by atoms with Crippen LogP contribution in [0.15, 0.2) is 48.5 Å². The quantitative estimate of drug-likeness (QED) is 0.0941. The molecule has 4 amide bonds. The fourth-order valence-corrected chi connectivity index (χ4v) is 6.86. The Balaban J connectivity index is 1.78. The van der Waals surface area contributed by atoms with E-state index in [9.17, 15) is 28.8 Å². The number of rotatable bonds is 15. The van der Waals surface area contributed by atoms with E-state index in [0.717, 1.165) is 44.0 Å². The van der Waals surface area contributed by atoms with Crippen molar-refractivity contribution in [3.05, 3.63) is 59.7 Å². The standard InChI is InChI=1S/C38H49Cl3N4O10S/c1-22(2)31(44(8)32(47)30(20-56-45(9)23(3)46)43(7)36(51)55-37(4,5)6)34(49)52-19-29(33(48)54-21-38(39,40)41)42-35(50)53-18-28-26-16-12-10-14-24(26)25-15-11-13-17-27(25)28/h10-17,22,28-31H,18-21H2,1-9H3,(H,42,50)/t29-,30+,31+/m1/s1. The van der Waals surface area contributed by atoms with E-state index in [1.165, 1.54) is 32.4 Å². The summed E-state index contributed by atoms with van der Waals surface area (Å²) in [5, 5.41) is 2.39. The van der Waals surface area contributed by atoms with Gasteiger partial charge in [-0.3, -0.25) is 18.8 Å². The van der Waals surface area contributed by atoms with Crippen LogP contribution in [0.2, 0.25) is 0 Å². The number of halogens is 3. The monoisotopic (exact) mass is 858 g/mol. The normalized spacial score (nSPS) is 14.0. The van der Waals surface area contributed by atoms with Crippen LogP contribution >= 0.6 is 46.8 Å². The van der Waals surface area contributed by atoms with Gasteiger partial charge in [0.1, 0.15) is 37.5 Å². The van der Waals surface area contributed by atoms with Crippen molar-refractivity contribution in [3.8, 4) is 11.1 Å². The van der Waals surface area contributed by atoms with E-state index in [1.54, 1.807) is 34.6 Å². The zero-order valence-corrected chi connectivity index (χ0v) is 35.9.